The summed E-state index contributed by atoms with van der Waals surface area (Å²) in [5, 5.41) is 2.92. The number of carbonyl (C=O) groups excluding carboxylic acids is 1. The van der Waals surface area contributed by atoms with Crippen LogP contribution in [-0.4, -0.2) is 32.3 Å². The molecule has 2 aromatic rings. The monoisotopic (exact) mass is 332 g/mol. The molecule has 1 aliphatic rings. The lowest BCUT2D eigenvalue weighted by Gasteiger charge is -2.30. The summed E-state index contributed by atoms with van der Waals surface area (Å²) in [6.45, 7) is 5.54. The van der Waals surface area contributed by atoms with E-state index in [2.05, 4.69) is 15.3 Å². The molecular formula is C17H24N4O3. The molecule has 7 nitrogen and oxygen atoms in total. The van der Waals surface area contributed by atoms with E-state index in [1.165, 1.54) is 0 Å². The number of carbonyl (C=O) groups is 1. The van der Waals surface area contributed by atoms with Gasteiger partial charge in [-0.2, -0.15) is 0 Å². The predicted octanol–water partition coefficient (Wildman–Crippen LogP) is 2.73. The summed E-state index contributed by atoms with van der Waals surface area (Å²) in [6.07, 6.45) is 4.60. The van der Waals surface area contributed by atoms with Crippen molar-refractivity contribution in [1.29, 1.82) is 0 Å². The van der Waals surface area contributed by atoms with Crippen LogP contribution in [0.15, 0.2) is 23.1 Å². The Morgan fingerprint density at radius 2 is 2.04 bits per heavy atom. The number of pyridine rings is 1. The molecule has 2 heterocycles. The molecule has 0 aliphatic heterocycles. The van der Waals surface area contributed by atoms with Gasteiger partial charge in [-0.1, -0.05) is 0 Å². The summed E-state index contributed by atoms with van der Waals surface area (Å²) in [6, 6.07) is 3.86. The number of nitrogens with zero attached hydrogens (tertiary/aromatic N) is 2. The quantitative estimate of drug-likeness (QED) is 0.885. The molecule has 2 N–H and O–H groups in total. The first-order valence-corrected chi connectivity index (χ1v) is 8.38. The molecule has 0 atom stereocenters. The van der Waals surface area contributed by atoms with Crippen LogP contribution in [0.3, 0.4) is 0 Å². The number of fused-ring (bicyclic) bond motifs is 1. The average molecular weight is 332 g/mol. The first-order chi connectivity index (χ1) is 11.3. The highest BCUT2D eigenvalue weighted by Crippen LogP contribution is 2.29. The Balaban J connectivity index is 1.64. The number of hydrogen-bond donors (Lipinski definition) is 2. The van der Waals surface area contributed by atoms with Crippen molar-refractivity contribution in [3.05, 3.63) is 28.8 Å². The van der Waals surface area contributed by atoms with Crippen molar-refractivity contribution in [1.82, 2.24) is 19.9 Å². The zero-order valence-electron chi connectivity index (χ0n) is 14.3. The highest BCUT2D eigenvalue weighted by molar-refractivity contribution is 5.70. The number of aromatic nitrogens is 3. The number of hydrogen-bond acceptors (Lipinski definition) is 4. The van der Waals surface area contributed by atoms with Gasteiger partial charge in [0.2, 0.25) is 0 Å². The van der Waals surface area contributed by atoms with E-state index in [-0.39, 0.29) is 23.9 Å². The van der Waals surface area contributed by atoms with Gasteiger partial charge in [0, 0.05) is 18.3 Å². The lowest BCUT2D eigenvalue weighted by atomic mass is 9.91. The van der Waals surface area contributed by atoms with Crippen LogP contribution in [0.2, 0.25) is 0 Å². The molecule has 0 saturated heterocycles. The van der Waals surface area contributed by atoms with E-state index >= 15 is 0 Å². The third-order valence-corrected chi connectivity index (χ3v) is 4.26. The number of amides is 1. The topological polar surface area (TPSA) is 89.0 Å². The molecule has 130 valence electrons. The summed E-state index contributed by atoms with van der Waals surface area (Å²) >= 11 is 0. The van der Waals surface area contributed by atoms with Gasteiger partial charge >= 0.3 is 11.8 Å². The van der Waals surface area contributed by atoms with Crippen LogP contribution in [0.5, 0.6) is 0 Å². The van der Waals surface area contributed by atoms with Crippen molar-refractivity contribution in [3.8, 4) is 0 Å². The number of imidazole rings is 1. The number of rotatable bonds is 2. The van der Waals surface area contributed by atoms with Gasteiger partial charge in [-0.25, -0.2) is 14.6 Å². The largest absolute Gasteiger partial charge is 0.444 e. The Kier molecular flexibility index (Phi) is 4.34. The Hall–Kier alpha value is -2.31. The molecule has 1 saturated carbocycles. The fraction of sp³-hybridized carbons (Fsp3) is 0.588. The molecule has 0 bridgehead atoms. The number of alkyl carbamates (subject to hydrolysis) is 1. The second kappa shape index (κ2) is 6.30. The van der Waals surface area contributed by atoms with Gasteiger partial charge in [0.15, 0.2) is 5.65 Å². The van der Waals surface area contributed by atoms with Gasteiger partial charge in [-0.3, -0.25) is 4.57 Å². The molecule has 0 aromatic carbocycles. The maximum absolute atomic E-state index is 12.2. The Morgan fingerprint density at radius 3 is 2.71 bits per heavy atom. The smallest absolute Gasteiger partial charge is 0.407 e. The van der Waals surface area contributed by atoms with E-state index < -0.39 is 5.60 Å². The maximum atomic E-state index is 12.2. The van der Waals surface area contributed by atoms with Crippen molar-refractivity contribution in [3.63, 3.8) is 0 Å². The number of H-pyrrole nitrogens is 1. The van der Waals surface area contributed by atoms with Gasteiger partial charge in [0.1, 0.15) is 5.60 Å². The van der Waals surface area contributed by atoms with Crippen LogP contribution < -0.4 is 11.0 Å². The number of ether oxygens (including phenoxy) is 1. The van der Waals surface area contributed by atoms with Crippen LogP contribution in [-0.2, 0) is 4.74 Å². The molecule has 1 fully saturated rings. The summed E-state index contributed by atoms with van der Waals surface area (Å²) in [5.41, 5.74) is 0.847. The molecule has 24 heavy (non-hydrogen) atoms. The highest BCUT2D eigenvalue weighted by atomic mass is 16.6. The SMILES string of the molecule is CC(C)(C)OC(=O)N[C@H]1CC[C@H](n2c(=O)[nH]c3cccnc32)CC1. The first kappa shape index (κ1) is 16.5. The normalized spacial score (nSPS) is 21.6. The molecular weight excluding hydrogens is 308 g/mol. The summed E-state index contributed by atoms with van der Waals surface area (Å²) in [4.78, 5) is 31.3. The molecule has 0 radical (unpaired) electrons. The molecule has 1 amide bonds. The lowest BCUT2D eigenvalue weighted by Crippen LogP contribution is -2.41. The van der Waals surface area contributed by atoms with Gasteiger partial charge in [-0.05, 0) is 58.6 Å². The van der Waals surface area contributed by atoms with Crippen LogP contribution in [0.4, 0.5) is 4.79 Å². The van der Waals surface area contributed by atoms with Crippen LogP contribution in [0.25, 0.3) is 11.2 Å². The Morgan fingerprint density at radius 1 is 1.33 bits per heavy atom. The molecule has 1 aliphatic carbocycles. The van der Waals surface area contributed by atoms with Gasteiger partial charge in [0.05, 0.1) is 5.52 Å². The van der Waals surface area contributed by atoms with Crippen LogP contribution in [0.1, 0.15) is 52.5 Å². The van der Waals surface area contributed by atoms with E-state index in [1.807, 2.05) is 32.9 Å². The maximum Gasteiger partial charge on any atom is 0.407 e. The third-order valence-electron chi connectivity index (χ3n) is 4.26. The summed E-state index contributed by atoms with van der Waals surface area (Å²) in [7, 11) is 0. The minimum atomic E-state index is -0.496. The van der Waals surface area contributed by atoms with Crippen molar-refractivity contribution in [2.45, 2.75) is 64.1 Å². The van der Waals surface area contributed by atoms with E-state index in [9.17, 15) is 9.59 Å². The minimum Gasteiger partial charge on any atom is -0.444 e. The van der Waals surface area contributed by atoms with Gasteiger partial charge < -0.3 is 15.0 Å². The fourth-order valence-electron chi connectivity index (χ4n) is 3.25. The zero-order chi connectivity index (χ0) is 17.3. The Labute approximate surface area is 140 Å². The van der Waals surface area contributed by atoms with E-state index in [1.54, 1.807) is 10.8 Å². The van der Waals surface area contributed by atoms with Crippen LogP contribution in [0, 0.1) is 0 Å². The van der Waals surface area contributed by atoms with E-state index in [0.29, 0.717) is 5.65 Å². The van der Waals surface area contributed by atoms with E-state index in [0.717, 1.165) is 31.2 Å². The number of nitrogens with one attached hydrogen (secondary N) is 2. The summed E-state index contributed by atoms with van der Waals surface area (Å²) in [5.74, 6) is 0. The third kappa shape index (κ3) is 3.60. The van der Waals surface area contributed by atoms with Crippen molar-refractivity contribution in [2.75, 3.05) is 0 Å². The molecule has 0 unspecified atom stereocenters. The van der Waals surface area contributed by atoms with E-state index in [4.69, 9.17) is 4.74 Å². The minimum absolute atomic E-state index is 0.0879. The Bertz CT molecular complexity index is 779. The van der Waals surface area contributed by atoms with Crippen LogP contribution >= 0.6 is 0 Å². The second-order valence-electron chi connectivity index (χ2n) is 7.33. The molecule has 7 heteroatoms. The number of aromatic amines is 1. The fourth-order valence-corrected chi connectivity index (χ4v) is 3.25. The predicted molar refractivity (Wildman–Crippen MR) is 91.0 cm³/mol. The zero-order valence-corrected chi connectivity index (χ0v) is 14.3. The van der Waals surface area contributed by atoms with Crippen molar-refractivity contribution >= 4 is 17.3 Å². The molecule has 2 aromatic heterocycles. The lowest BCUT2D eigenvalue weighted by molar-refractivity contribution is 0.0488. The molecule has 3 rings (SSSR count). The average Bonchev–Trinajstić information content (AvgIpc) is 2.82. The van der Waals surface area contributed by atoms with Gasteiger partial charge in [0.25, 0.3) is 0 Å². The standard InChI is InChI=1S/C17H24N4O3/c1-17(2,3)24-16(23)19-11-6-8-12(9-7-11)21-14-13(20-15(21)22)5-4-10-18-14/h4-5,10-12H,6-9H2,1-3H3,(H,19,23)(H,20,22)/t11-,12-. The van der Waals surface area contributed by atoms with Crippen molar-refractivity contribution in [2.24, 2.45) is 0 Å². The second-order valence-corrected chi connectivity index (χ2v) is 7.33. The highest BCUT2D eigenvalue weighted by Gasteiger charge is 2.27. The molecule has 0 spiro atoms. The van der Waals surface area contributed by atoms with Gasteiger partial charge in [-0.15, -0.1) is 0 Å². The first-order valence-electron chi connectivity index (χ1n) is 8.38. The summed E-state index contributed by atoms with van der Waals surface area (Å²) < 4.78 is 7.05. The van der Waals surface area contributed by atoms with Crippen molar-refractivity contribution < 1.29 is 9.53 Å².